The Labute approximate surface area is 416 Å². The minimum Gasteiger partial charge on any atom is -0.356 e. The van der Waals surface area contributed by atoms with Gasteiger partial charge in [-0.2, -0.15) is 0 Å². The number of halogens is 1. The zero-order valence-electron chi connectivity index (χ0n) is 40.8. The Morgan fingerprint density at radius 1 is 0.565 bits per heavy atom. The van der Waals surface area contributed by atoms with Crippen molar-refractivity contribution in [2.24, 2.45) is 5.92 Å². The first-order chi connectivity index (χ1) is 33.5. The van der Waals surface area contributed by atoms with Crippen molar-refractivity contribution in [3.05, 3.63) is 184 Å². The predicted molar refractivity (Wildman–Crippen MR) is 279 cm³/mol. The number of amides is 2. The first kappa shape index (κ1) is 52.3. The number of hydrogen-bond acceptors (Lipinski definition) is 8. The van der Waals surface area contributed by atoms with Crippen LogP contribution in [0.25, 0.3) is 5.69 Å². The van der Waals surface area contributed by atoms with Crippen molar-refractivity contribution in [1.29, 1.82) is 0 Å². The molecule has 0 unspecified atom stereocenters. The summed E-state index contributed by atoms with van der Waals surface area (Å²) in [5, 5.41) is 25.8. The van der Waals surface area contributed by atoms with Gasteiger partial charge in [-0.25, -0.2) is 4.39 Å². The molecule has 0 saturated carbocycles. The van der Waals surface area contributed by atoms with E-state index >= 15 is 0 Å². The molecular weight excluding hydrogens is 900 g/mol. The van der Waals surface area contributed by atoms with E-state index in [0.29, 0.717) is 25.3 Å². The third kappa shape index (κ3) is 18.1. The molecule has 7 aromatic rings. The van der Waals surface area contributed by atoms with Gasteiger partial charge in [-0.05, 0) is 105 Å². The molecule has 10 nitrogen and oxygen atoms in total. The van der Waals surface area contributed by atoms with E-state index in [4.69, 9.17) is 0 Å². The van der Waals surface area contributed by atoms with Crippen molar-refractivity contribution in [1.82, 2.24) is 40.2 Å². The van der Waals surface area contributed by atoms with E-state index < -0.39 is 0 Å². The van der Waals surface area contributed by atoms with Crippen LogP contribution in [-0.4, -0.2) is 47.9 Å². The molecular formula is C56H67FN8O2S2. The quantitative estimate of drug-likeness (QED) is 0.0454. The number of benzene rings is 5. The number of aryl methyl sites for hydroxylation is 6. The highest BCUT2D eigenvalue weighted by Crippen LogP contribution is 2.27. The number of carbonyl (C=O) groups excluding carboxylic acids is 2. The highest BCUT2D eigenvalue weighted by Gasteiger charge is 2.16. The molecule has 5 aromatic carbocycles. The van der Waals surface area contributed by atoms with Crippen LogP contribution in [0, 0.1) is 32.5 Å². The monoisotopic (exact) mass is 966 g/mol. The highest BCUT2D eigenvalue weighted by atomic mass is 32.2. The van der Waals surface area contributed by atoms with Crippen molar-refractivity contribution in [2.75, 3.05) is 6.54 Å². The van der Waals surface area contributed by atoms with E-state index in [1.807, 2.05) is 24.3 Å². The maximum Gasteiger partial charge on any atom is 0.220 e. The standard InChI is InChI=1S/C31H35FN4OS.C25H32N4OS/c1-23-18-24(2)20-27(19-23)22-38-31-35-34-29(36(31)17-16-25-8-4-3-5-9-25)10-6-7-11-30(37)33-21-26-12-14-28(32)15-13-26;1-19(2)17-26-24(30)12-8-7-11-23-27-28-25(29(23)22-9-5-4-6-10-22)31-18-21-15-13-20(3)14-16-21/h3-5,8-9,12-15,18-20H,6-7,10-11,16-17,21-22H2,1-2H3,(H,33,37);4-6,9-10,13-16,19H,7-8,11-12,17-18H2,1-3H3,(H,26,30). The Morgan fingerprint density at radius 3 is 1.80 bits per heavy atom. The summed E-state index contributed by atoms with van der Waals surface area (Å²) in [5.41, 5.74) is 9.62. The van der Waals surface area contributed by atoms with Gasteiger partial charge in [-0.3, -0.25) is 14.2 Å². The van der Waals surface area contributed by atoms with Crippen molar-refractivity contribution < 1.29 is 14.0 Å². The number of aromatic nitrogens is 6. The fraction of sp³-hybridized carbons (Fsp3) is 0.357. The number of thioether (sulfide) groups is 2. The van der Waals surface area contributed by atoms with Gasteiger partial charge in [-0.15, -0.1) is 20.4 Å². The summed E-state index contributed by atoms with van der Waals surface area (Å²) in [6.45, 7) is 12.5. The lowest BCUT2D eigenvalue weighted by Crippen LogP contribution is -2.26. The minimum absolute atomic E-state index is 0.00422. The van der Waals surface area contributed by atoms with Gasteiger partial charge in [0.2, 0.25) is 11.8 Å². The molecule has 0 fully saturated rings. The summed E-state index contributed by atoms with van der Waals surface area (Å²) in [4.78, 5) is 24.2. The summed E-state index contributed by atoms with van der Waals surface area (Å²) < 4.78 is 17.4. The average molecular weight is 967 g/mol. The van der Waals surface area contributed by atoms with Crippen LogP contribution in [0.1, 0.15) is 103 Å². The molecule has 7 rings (SSSR count). The molecule has 0 aliphatic carbocycles. The second kappa shape index (κ2) is 27.8. The number of rotatable bonds is 24. The van der Waals surface area contributed by atoms with Gasteiger partial charge in [0, 0.05) is 62.5 Å². The summed E-state index contributed by atoms with van der Waals surface area (Å²) in [6.07, 6.45) is 6.87. The van der Waals surface area contributed by atoms with Crippen LogP contribution in [-0.2, 0) is 53.4 Å². The van der Waals surface area contributed by atoms with Gasteiger partial charge in [0.15, 0.2) is 10.3 Å². The molecule has 2 N–H and O–H groups in total. The van der Waals surface area contributed by atoms with Gasteiger partial charge >= 0.3 is 0 Å². The maximum absolute atomic E-state index is 13.0. The Balaban J connectivity index is 0.000000232. The lowest BCUT2D eigenvalue weighted by Gasteiger charge is -2.11. The lowest BCUT2D eigenvalue weighted by atomic mass is 10.1. The van der Waals surface area contributed by atoms with E-state index in [9.17, 15) is 14.0 Å². The van der Waals surface area contributed by atoms with E-state index in [2.05, 4.69) is 154 Å². The molecule has 0 atom stereocenters. The first-order valence-electron chi connectivity index (χ1n) is 24.1. The zero-order valence-corrected chi connectivity index (χ0v) is 42.4. The summed E-state index contributed by atoms with van der Waals surface area (Å²) in [6, 6.07) is 42.2. The first-order valence-corrected chi connectivity index (χ1v) is 26.1. The summed E-state index contributed by atoms with van der Waals surface area (Å²) in [7, 11) is 0. The molecule has 13 heteroatoms. The molecule has 0 aliphatic heterocycles. The van der Waals surface area contributed by atoms with Gasteiger partial charge in [-0.1, -0.05) is 157 Å². The Bertz CT molecular complexity index is 2620. The average Bonchev–Trinajstić information content (AvgIpc) is 3.95. The molecule has 0 spiro atoms. The summed E-state index contributed by atoms with van der Waals surface area (Å²) in [5.74, 6) is 3.95. The number of nitrogens with one attached hydrogen (secondary N) is 2. The fourth-order valence-electron chi connectivity index (χ4n) is 7.68. The summed E-state index contributed by atoms with van der Waals surface area (Å²) >= 11 is 3.43. The van der Waals surface area contributed by atoms with Crippen molar-refractivity contribution in [3.63, 3.8) is 0 Å². The third-order valence-electron chi connectivity index (χ3n) is 11.3. The zero-order chi connectivity index (χ0) is 48.8. The van der Waals surface area contributed by atoms with Crippen molar-refractivity contribution >= 4 is 35.3 Å². The van der Waals surface area contributed by atoms with E-state index in [-0.39, 0.29) is 17.6 Å². The van der Waals surface area contributed by atoms with Crippen LogP contribution < -0.4 is 10.6 Å². The van der Waals surface area contributed by atoms with E-state index in [0.717, 1.165) is 103 Å². The van der Waals surface area contributed by atoms with Gasteiger partial charge in [0.1, 0.15) is 17.5 Å². The number of hydrogen-bond donors (Lipinski definition) is 2. The van der Waals surface area contributed by atoms with Crippen molar-refractivity contribution in [3.8, 4) is 5.69 Å². The Hall–Kier alpha value is -6.05. The SMILES string of the molecule is Cc1cc(C)cc(CSc2nnc(CCCCC(=O)NCc3ccc(F)cc3)n2CCc2ccccc2)c1.Cc1ccc(CSc2nnc(CCCCC(=O)NCC(C)C)n2-c2ccccc2)cc1. The Morgan fingerprint density at radius 2 is 1.13 bits per heavy atom. The molecule has 2 amide bonds. The molecule has 69 heavy (non-hydrogen) atoms. The fourth-order valence-corrected chi connectivity index (χ4v) is 9.52. The smallest absolute Gasteiger partial charge is 0.220 e. The van der Waals surface area contributed by atoms with Crippen LogP contribution in [0.4, 0.5) is 4.39 Å². The van der Waals surface area contributed by atoms with Crippen LogP contribution >= 0.6 is 23.5 Å². The third-order valence-corrected chi connectivity index (χ3v) is 13.4. The molecule has 2 aromatic heterocycles. The van der Waals surface area contributed by atoms with E-state index in [1.54, 1.807) is 35.7 Å². The van der Waals surface area contributed by atoms with Gasteiger partial charge in [0.25, 0.3) is 0 Å². The Kier molecular flexibility index (Phi) is 21.1. The van der Waals surface area contributed by atoms with Crippen LogP contribution in [0.5, 0.6) is 0 Å². The number of para-hydroxylation sites is 1. The lowest BCUT2D eigenvalue weighted by molar-refractivity contribution is -0.122. The number of nitrogens with zero attached hydrogens (tertiary/aromatic N) is 6. The van der Waals surface area contributed by atoms with Crippen LogP contribution in [0.15, 0.2) is 138 Å². The number of unbranched alkanes of at least 4 members (excludes halogenated alkanes) is 2. The molecule has 0 bridgehead atoms. The van der Waals surface area contributed by atoms with Gasteiger partial charge in [0.05, 0.1) is 0 Å². The normalized spacial score (nSPS) is 11.1. The van der Waals surface area contributed by atoms with Crippen LogP contribution in [0.3, 0.4) is 0 Å². The topological polar surface area (TPSA) is 120 Å². The molecule has 362 valence electrons. The van der Waals surface area contributed by atoms with Crippen molar-refractivity contribution in [2.45, 2.75) is 127 Å². The second-order valence-electron chi connectivity index (χ2n) is 17.9. The van der Waals surface area contributed by atoms with Crippen LogP contribution in [0.2, 0.25) is 0 Å². The predicted octanol–water partition coefficient (Wildman–Crippen LogP) is 12.0. The minimum atomic E-state index is -0.275. The molecule has 0 aliphatic rings. The highest BCUT2D eigenvalue weighted by molar-refractivity contribution is 7.98. The molecule has 0 radical (unpaired) electrons. The van der Waals surface area contributed by atoms with Gasteiger partial charge < -0.3 is 15.2 Å². The largest absolute Gasteiger partial charge is 0.356 e. The maximum atomic E-state index is 13.0. The van der Waals surface area contributed by atoms with E-state index in [1.165, 1.54) is 45.5 Å². The molecule has 0 saturated heterocycles. The molecule has 2 heterocycles. The number of carbonyl (C=O) groups is 2. The second-order valence-corrected chi connectivity index (χ2v) is 19.8.